The van der Waals surface area contributed by atoms with Gasteiger partial charge in [0.25, 0.3) is 5.91 Å². The van der Waals surface area contributed by atoms with Crippen molar-refractivity contribution in [1.82, 2.24) is 9.80 Å². The largest absolute Gasteiger partial charge is 0.310 e. The van der Waals surface area contributed by atoms with Gasteiger partial charge in [0.15, 0.2) is 5.66 Å². The Kier molecular flexibility index (Phi) is 3.72. The maximum atomic E-state index is 13.0. The molecule has 3 heterocycles. The molecule has 1 fully saturated rings. The van der Waals surface area contributed by atoms with Crippen LogP contribution in [-0.2, 0) is 16.9 Å². The molecule has 0 aliphatic carbocycles. The number of hydrogen-bond acceptors (Lipinski definition) is 3. The molecule has 26 heavy (non-hydrogen) atoms. The first-order chi connectivity index (χ1) is 12.5. The second-order valence-electron chi connectivity index (χ2n) is 6.73. The Labute approximate surface area is 152 Å². The standard InChI is InChI=1S/C20H22N3O3/c1-3-14-5-7-15(8-6-14)20-17-13-21(26)10-9-16(17)19(25)23(20)12-11-22(20)18(24)4-2/h5-10,13,26H,3-4,11-12H2,1-2H3/q+1. The minimum Gasteiger partial charge on any atom is -0.310 e. The van der Waals surface area contributed by atoms with Crippen molar-refractivity contribution >= 4 is 11.8 Å². The van der Waals surface area contributed by atoms with Crippen LogP contribution in [0.5, 0.6) is 0 Å². The lowest BCUT2D eigenvalue weighted by Crippen LogP contribution is -2.52. The monoisotopic (exact) mass is 352 g/mol. The van der Waals surface area contributed by atoms with Crippen LogP contribution < -0.4 is 4.73 Å². The molecular weight excluding hydrogens is 330 g/mol. The van der Waals surface area contributed by atoms with E-state index in [9.17, 15) is 14.8 Å². The molecule has 1 aromatic carbocycles. The Morgan fingerprint density at radius 3 is 2.58 bits per heavy atom. The molecule has 2 aromatic rings. The highest BCUT2D eigenvalue weighted by atomic mass is 16.5. The Balaban J connectivity index is 2.01. The summed E-state index contributed by atoms with van der Waals surface area (Å²) in [6, 6.07) is 9.67. The van der Waals surface area contributed by atoms with Crippen molar-refractivity contribution in [2.75, 3.05) is 13.1 Å². The van der Waals surface area contributed by atoms with E-state index in [1.165, 1.54) is 11.8 Å². The van der Waals surface area contributed by atoms with Crippen LogP contribution in [-0.4, -0.2) is 39.9 Å². The number of amides is 2. The molecule has 1 atom stereocenters. The molecule has 1 unspecified atom stereocenters. The minimum atomic E-state index is -0.989. The van der Waals surface area contributed by atoms with E-state index in [0.717, 1.165) is 16.7 Å². The van der Waals surface area contributed by atoms with Gasteiger partial charge in [0, 0.05) is 35.9 Å². The normalized spacial score (nSPS) is 21.1. The highest BCUT2D eigenvalue weighted by Gasteiger charge is 2.60. The second-order valence-corrected chi connectivity index (χ2v) is 6.73. The zero-order valence-corrected chi connectivity index (χ0v) is 15.0. The van der Waals surface area contributed by atoms with E-state index in [0.29, 0.717) is 30.6 Å². The van der Waals surface area contributed by atoms with Gasteiger partial charge < -0.3 is 9.80 Å². The third-order valence-corrected chi connectivity index (χ3v) is 5.49. The van der Waals surface area contributed by atoms with Gasteiger partial charge in [0.05, 0.1) is 11.1 Å². The first kappa shape index (κ1) is 16.6. The number of aromatic nitrogens is 1. The number of carbonyl (C=O) groups is 2. The number of benzene rings is 1. The molecule has 0 spiro atoms. The number of nitrogens with zero attached hydrogens (tertiary/aromatic N) is 3. The van der Waals surface area contributed by atoms with Gasteiger partial charge in [0.2, 0.25) is 18.3 Å². The number of pyridine rings is 1. The molecule has 2 aliphatic rings. The average molecular weight is 352 g/mol. The molecule has 2 amide bonds. The summed E-state index contributed by atoms with van der Waals surface area (Å²) in [5.41, 5.74) is 2.25. The van der Waals surface area contributed by atoms with E-state index in [-0.39, 0.29) is 11.8 Å². The van der Waals surface area contributed by atoms with E-state index >= 15 is 0 Å². The van der Waals surface area contributed by atoms with Crippen LogP contribution in [0.1, 0.15) is 47.3 Å². The molecule has 0 saturated carbocycles. The smallest absolute Gasteiger partial charge is 0.257 e. The fraction of sp³-hybridized carbons (Fsp3) is 0.350. The van der Waals surface area contributed by atoms with Gasteiger partial charge in [-0.15, -0.1) is 0 Å². The van der Waals surface area contributed by atoms with Gasteiger partial charge in [-0.25, -0.2) is 0 Å². The quantitative estimate of drug-likeness (QED) is 0.675. The number of hydrogen-bond donors (Lipinski definition) is 1. The SMILES string of the molecule is CCC(=O)N1CCN2C(=O)c3cc[n+](O)cc3C12c1ccc(CC)cc1. The zero-order valence-electron chi connectivity index (χ0n) is 15.0. The molecule has 4 rings (SSSR count). The van der Waals surface area contributed by atoms with Crippen molar-refractivity contribution in [3.63, 3.8) is 0 Å². The van der Waals surface area contributed by atoms with E-state index in [1.54, 1.807) is 22.1 Å². The van der Waals surface area contributed by atoms with Gasteiger partial charge in [-0.1, -0.05) is 38.1 Å². The summed E-state index contributed by atoms with van der Waals surface area (Å²) in [6.07, 6.45) is 4.26. The van der Waals surface area contributed by atoms with Crippen molar-refractivity contribution < 1.29 is 19.5 Å². The van der Waals surface area contributed by atoms with Gasteiger partial charge in [-0.3, -0.25) is 14.8 Å². The van der Waals surface area contributed by atoms with Gasteiger partial charge >= 0.3 is 0 Å². The van der Waals surface area contributed by atoms with Crippen molar-refractivity contribution in [3.8, 4) is 0 Å². The molecule has 6 nitrogen and oxygen atoms in total. The van der Waals surface area contributed by atoms with Gasteiger partial charge in [0.1, 0.15) is 0 Å². The summed E-state index contributed by atoms with van der Waals surface area (Å²) in [6.45, 7) is 4.87. The Morgan fingerprint density at radius 2 is 1.92 bits per heavy atom. The third-order valence-electron chi connectivity index (χ3n) is 5.49. The molecular formula is C20H22N3O3+. The zero-order chi connectivity index (χ0) is 18.5. The summed E-state index contributed by atoms with van der Waals surface area (Å²) in [7, 11) is 0. The minimum absolute atomic E-state index is 0.0129. The fourth-order valence-electron chi connectivity index (χ4n) is 4.24. The molecule has 1 aromatic heterocycles. The highest BCUT2D eigenvalue weighted by molar-refractivity contribution is 6.01. The lowest BCUT2D eigenvalue weighted by molar-refractivity contribution is -0.905. The van der Waals surface area contributed by atoms with E-state index < -0.39 is 5.66 Å². The number of fused-ring (bicyclic) bond motifs is 3. The highest BCUT2D eigenvalue weighted by Crippen LogP contribution is 2.49. The predicted molar refractivity (Wildman–Crippen MR) is 93.5 cm³/mol. The summed E-state index contributed by atoms with van der Waals surface area (Å²) < 4.78 is 0.949. The molecule has 2 aliphatic heterocycles. The summed E-state index contributed by atoms with van der Waals surface area (Å²) in [5, 5.41) is 10.0. The van der Waals surface area contributed by atoms with E-state index in [4.69, 9.17) is 0 Å². The van der Waals surface area contributed by atoms with Crippen LogP contribution >= 0.6 is 0 Å². The lowest BCUT2D eigenvalue weighted by Gasteiger charge is -2.39. The van der Waals surface area contributed by atoms with Crippen LogP contribution in [0.25, 0.3) is 0 Å². The van der Waals surface area contributed by atoms with Crippen molar-refractivity contribution in [2.45, 2.75) is 32.4 Å². The number of rotatable bonds is 3. The molecule has 6 heteroatoms. The Hall–Kier alpha value is -2.89. The summed E-state index contributed by atoms with van der Waals surface area (Å²) in [4.78, 5) is 29.4. The molecule has 1 saturated heterocycles. The van der Waals surface area contributed by atoms with Gasteiger partial charge in [-0.2, -0.15) is 0 Å². The molecule has 0 radical (unpaired) electrons. The predicted octanol–water partition coefficient (Wildman–Crippen LogP) is 1.68. The van der Waals surface area contributed by atoms with Crippen molar-refractivity contribution in [2.24, 2.45) is 0 Å². The van der Waals surface area contributed by atoms with Crippen LogP contribution in [0, 0.1) is 0 Å². The first-order valence-corrected chi connectivity index (χ1v) is 9.00. The van der Waals surface area contributed by atoms with Crippen LogP contribution in [0.3, 0.4) is 0 Å². The maximum absolute atomic E-state index is 13.0. The number of aryl methyl sites for hydroxylation is 1. The van der Waals surface area contributed by atoms with E-state index in [2.05, 4.69) is 6.92 Å². The van der Waals surface area contributed by atoms with Gasteiger partial charge in [-0.05, 0) is 12.0 Å². The van der Waals surface area contributed by atoms with Crippen LogP contribution in [0.4, 0.5) is 0 Å². The Bertz CT molecular complexity index is 894. The Morgan fingerprint density at radius 1 is 1.19 bits per heavy atom. The second kappa shape index (κ2) is 5.83. The van der Waals surface area contributed by atoms with Crippen LogP contribution in [0.15, 0.2) is 42.7 Å². The molecule has 1 N–H and O–H groups in total. The third kappa shape index (κ3) is 2.01. The molecule has 134 valence electrons. The van der Waals surface area contributed by atoms with Crippen molar-refractivity contribution in [3.05, 3.63) is 65.0 Å². The maximum Gasteiger partial charge on any atom is 0.257 e. The molecule has 0 bridgehead atoms. The van der Waals surface area contributed by atoms with E-state index in [1.807, 2.05) is 31.2 Å². The van der Waals surface area contributed by atoms with Crippen molar-refractivity contribution in [1.29, 1.82) is 0 Å². The topological polar surface area (TPSA) is 64.7 Å². The summed E-state index contributed by atoms with van der Waals surface area (Å²) >= 11 is 0. The number of carbonyl (C=O) groups excluding carboxylic acids is 2. The first-order valence-electron chi connectivity index (χ1n) is 9.00. The lowest BCUT2D eigenvalue weighted by atomic mass is 9.90. The fourth-order valence-corrected chi connectivity index (χ4v) is 4.24. The van der Waals surface area contributed by atoms with Crippen LogP contribution in [0.2, 0.25) is 0 Å². The average Bonchev–Trinajstić information content (AvgIpc) is 3.17. The summed E-state index contributed by atoms with van der Waals surface area (Å²) in [5.74, 6) is -0.118.